The third kappa shape index (κ3) is 6.70. The highest BCUT2D eigenvalue weighted by atomic mass is 19.4. The van der Waals surface area contributed by atoms with Crippen LogP contribution in [0.3, 0.4) is 0 Å². The van der Waals surface area contributed by atoms with Crippen LogP contribution in [-0.4, -0.2) is 35.5 Å². The highest BCUT2D eigenvalue weighted by Crippen LogP contribution is 2.37. The Kier molecular flexibility index (Phi) is 7.65. The fourth-order valence-electron chi connectivity index (χ4n) is 1.82. The van der Waals surface area contributed by atoms with E-state index >= 15 is 0 Å². The van der Waals surface area contributed by atoms with Crippen LogP contribution in [0.2, 0.25) is 0 Å². The standard InChI is InChI=1S/C16H15F3N2O7/c1-3-27-13(22)6-7-14(23)28-9(2)15(24)20-12-5-4-10(21(25)26)8-11(12)16(17,18)19/h4-9H,3H2,1-2H3,(H,20,24)/b7-6+/t9-/m0/s1. The minimum atomic E-state index is -4.98. The fourth-order valence-corrected chi connectivity index (χ4v) is 1.82. The van der Waals surface area contributed by atoms with Gasteiger partial charge in [-0.3, -0.25) is 14.9 Å². The molecule has 0 aliphatic heterocycles. The van der Waals surface area contributed by atoms with Crippen LogP contribution in [0, 0.1) is 10.1 Å². The van der Waals surface area contributed by atoms with E-state index in [1.807, 2.05) is 5.32 Å². The van der Waals surface area contributed by atoms with Gasteiger partial charge < -0.3 is 14.8 Å². The number of amides is 1. The number of anilines is 1. The van der Waals surface area contributed by atoms with Crippen molar-refractivity contribution in [3.63, 3.8) is 0 Å². The largest absolute Gasteiger partial charge is 0.463 e. The maximum absolute atomic E-state index is 13.1. The first kappa shape index (κ1) is 22.6. The van der Waals surface area contributed by atoms with Gasteiger partial charge in [0.1, 0.15) is 0 Å². The van der Waals surface area contributed by atoms with Crippen LogP contribution >= 0.6 is 0 Å². The number of halogens is 3. The van der Waals surface area contributed by atoms with E-state index in [0.717, 1.165) is 19.1 Å². The molecule has 28 heavy (non-hydrogen) atoms. The molecule has 0 saturated heterocycles. The number of rotatable bonds is 7. The van der Waals surface area contributed by atoms with Gasteiger partial charge in [0.25, 0.3) is 11.6 Å². The second-order valence-electron chi connectivity index (χ2n) is 5.14. The molecule has 1 aromatic carbocycles. The maximum Gasteiger partial charge on any atom is 0.418 e. The second kappa shape index (κ2) is 9.48. The lowest BCUT2D eigenvalue weighted by molar-refractivity contribution is -0.385. The molecule has 0 radical (unpaired) electrons. The van der Waals surface area contributed by atoms with Crippen molar-refractivity contribution < 1.29 is 42.0 Å². The molecule has 152 valence electrons. The van der Waals surface area contributed by atoms with Crippen molar-refractivity contribution in [2.75, 3.05) is 11.9 Å². The average Bonchev–Trinajstić information content (AvgIpc) is 2.59. The molecule has 0 aliphatic carbocycles. The van der Waals surface area contributed by atoms with Gasteiger partial charge in [-0.25, -0.2) is 9.59 Å². The van der Waals surface area contributed by atoms with E-state index in [4.69, 9.17) is 0 Å². The van der Waals surface area contributed by atoms with Crippen molar-refractivity contribution in [3.05, 3.63) is 46.0 Å². The highest BCUT2D eigenvalue weighted by Gasteiger charge is 2.36. The summed E-state index contributed by atoms with van der Waals surface area (Å²) in [5, 5.41) is 12.5. The lowest BCUT2D eigenvalue weighted by atomic mass is 10.1. The summed E-state index contributed by atoms with van der Waals surface area (Å²) in [5.74, 6) is -3.04. The molecule has 12 heteroatoms. The van der Waals surface area contributed by atoms with Gasteiger partial charge in [-0.05, 0) is 19.9 Å². The number of hydrogen-bond acceptors (Lipinski definition) is 7. The zero-order valence-corrected chi connectivity index (χ0v) is 14.6. The normalized spacial score (nSPS) is 12.3. The van der Waals surface area contributed by atoms with Gasteiger partial charge in [0, 0.05) is 24.3 Å². The maximum atomic E-state index is 13.1. The Morgan fingerprint density at radius 1 is 1.25 bits per heavy atom. The van der Waals surface area contributed by atoms with E-state index in [0.29, 0.717) is 12.1 Å². The van der Waals surface area contributed by atoms with Crippen molar-refractivity contribution in [1.29, 1.82) is 0 Å². The molecule has 0 unspecified atom stereocenters. The molecule has 0 spiro atoms. The minimum Gasteiger partial charge on any atom is -0.463 e. The van der Waals surface area contributed by atoms with Gasteiger partial charge in [-0.15, -0.1) is 0 Å². The molecule has 0 saturated carbocycles. The summed E-state index contributed by atoms with van der Waals surface area (Å²) in [6, 6.07) is 1.77. The molecule has 0 fully saturated rings. The summed E-state index contributed by atoms with van der Waals surface area (Å²) in [6.45, 7) is 2.71. The number of hydrogen-bond donors (Lipinski definition) is 1. The topological polar surface area (TPSA) is 125 Å². The van der Waals surface area contributed by atoms with Gasteiger partial charge in [-0.1, -0.05) is 0 Å². The number of benzene rings is 1. The third-order valence-corrected chi connectivity index (χ3v) is 3.08. The molecular formula is C16H15F3N2O7. The number of nitrogens with zero attached hydrogens (tertiary/aromatic N) is 1. The van der Waals surface area contributed by atoms with E-state index in [2.05, 4.69) is 9.47 Å². The lowest BCUT2D eigenvalue weighted by Crippen LogP contribution is -2.30. The number of nitro benzene ring substituents is 1. The van der Waals surface area contributed by atoms with E-state index in [1.165, 1.54) is 0 Å². The predicted octanol–water partition coefficient (Wildman–Crippen LogP) is 2.60. The second-order valence-corrected chi connectivity index (χ2v) is 5.14. The molecule has 1 rings (SSSR count). The summed E-state index contributed by atoms with van der Waals surface area (Å²) in [5.41, 5.74) is -2.99. The number of esters is 2. The number of nitro groups is 1. The van der Waals surface area contributed by atoms with E-state index in [9.17, 15) is 37.7 Å². The van der Waals surface area contributed by atoms with Crippen LogP contribution in [-0.2, 0) is 30.0 Å². The van der Waals surface area contributed by atoms with Crippen LogP contribution in [0.25, 0.3) is 0 Å². The van der Waals surface area contributed by atoms with Crippen molar-refractivity contribution >= 4 is 29.2 Å². The van der Waals surface area contributed by atoms with Crippen molar-refractivity contribution in [2.45, 2.75) is 26.1 Å². The first-order valence-corrected chi connectivity index (χ1v) is 7.67. The Morgan fingerprint density at radius 2 is 1.86 bits per heavy atom. The monoisotopic (exact) mass is 404 g/mol. The van der Waals surface area contributed by atoms with Crippen LogP contribution in [0.5, 0.6) is 0 Å². The number of ether oxygens (including phenoxy) is 2. The van der Waals surface area contributed by atoms with Crippen molar-refractivity contribution in [2.24, 2.45) is 0 Å². The Labute approximate surface area is 156 Å². The Morgan fingerprint density at radius 3 is 2.39 bits per heavy atom. The van der Waals surface area contributed by atoms with Crippen molar-refractivity contribution in [3.8, 4) is 0 Å². The first-order chi connectivity index (χ1) is 13.0. The Bertz CT molecular complexity index is 806. The first-order valence-electron chi connectivity index (χ1n) is 7.67. The number of alkyl halides is 3. The van der Waals surface area contributed by atoms with Gasteiger partial charge in [0.15, 0.2) is 6.10 Å². The van der Waals surface area contributed by atoms with E-state index < -0.39 is 52.0 Å². The summed E-state index contributed by atoms with van der Waals surface area (Å²) in [4.78, 5) is 44.2. The Balaban J connectivity index is 2.88. The summed E-state index contributed by atoms with van der Waals surface area (Å²) in [6.07, 6.45) is -5.05. The molecule has 0 bridgehead atoms. The lowest BCUT2D eigenvalue weighted by Gasteiger charge is -2.16. The van der Waals surface area contributed by atoms with Crippen LogP contribution < -0.4 is 5.32 Å². The third-order valence-electron chi connectivity index (χ3n) is 3.08. The highest BCUT2D eigenvalue weighted by molar-refractivity contribution is 5.97. The van der Waals surface area contributed by atoms with Gasteiger partial charge in [-0.2, -0.15) is 13.2 Å². The van der Waals surface area contributed by atoms with E-state index in [1.54, 1.807) is 6.92 Å². The van der Waals surface area contributed by atoms with Gasteiger partial charge in [0.05, 0.1) is 22.8 Å². The van der Waals surface area contributed by atoms with Crippen molar-refractivity contribution in [1.82, 2.24) is 0 Å². The average molecular weight is 404 g/mol. The molecule has 0 heterocycles. The van der Waals surface area contributed by atoms with Crippen LogP contribution in [0.4, 0.5) is 24.5 Å². The number of nitrogens with one attached hydrogen (secondary N) is 1. The summed E-state index contributed by atoms with van der Waals surface area (Å²) in [7, 11) is 0. The zero-order chi connectivity index (χ0) is 21.5. The number of non-ortho nitro benzene ring substituents is 1. The van der Waals surface area contributed by atoms with Gasteiger partial charge in [0.2, 0.25) is 0 Å². The summed E-state index contributed by atoms with van der Waals surface area (Å²) < 4.78 is 48.4. The quantitative estimate of drug-likeness (QED) is 0.320. The Hall–Kier alpha value is -3.44. The fraction of sp³-hybridized carbons (Fsp3) is 0.312. The smallest absolute Gasteiger partial charge is 0.418 e. The molecule has 1 atom stereocenters. The number of carbonyl (C=O) groups excluding carboxylic acids is 3. The molecule has 1 N–H and O–H groups in total. The molecule has 9 nitrogen and oxygen atoms in total. The molecule has 1 amide bonds. The SMILES string of the molecule is CCOC(=O)/C=C/C(=O)O[C@@H](C)C(=O)Nc1ccc([N+](=O)[O-])cc1C(F)(F)F. The van der Waals surface area contributed by atoms with E-state index in [-0.39, 0.29) is 12.7 Å². The summed E-state index contributed by atoms with van der Waals surface area (Å²) >= 11 is 0. The van der Waals surface area contributed by atoms with Crippen LogP contribution in [0.15, 0.2) is 30.4 Å². The zero-order valence-electron chi connectivity index (χ0n) is 14.6. The molecule has 0 aromatic heterocycles. The van der Waals surface area contributed by atoms with Gasteiger partial charge >= 0.3 is 18.1 Å². The molecular weight excluding hydrogens is 389 g/mol. The number of carbonyl (C=O) groups is 3. The molecule has 1 aromatic rings. The predicted molar refractivity (Wildman–Crippen MR) is 88.1 cm³/mol. The van der Waals surface area contributed by atoms with Crippen LogP contribution in [0.1, 0.15) is 19.4 Å². The molecule has 0 aliphatic rings. The minimum absolute atomic E-state index is 0.0772.